The van der Waals surface area contributed by atoms with Crippen molar-refractivity contribution in [1.29, 1.82) is 0 Å². The van der Waals surface area contributed by atoms with E-state index in [0.29, 0.717) is 18.0 Å². The van der Waals surface area contributed by atoms with Crippen molar-refractivity contribution in [2.45, 2.75) is 157 Å². The van der Waals surface area contributed by atoms with Crippen molar-refractivity contribution in [1.82, 2.24) is 5.32 Å². The van der Waals surface area contributed by atoms with Gasteiger partial charge in [0.15, 0.2) is 6.47 Å². The smallest absolute Gasteiger partial charge is 0.170 e. The minimum Gasteiger partial charge on any atom is -0.665 e. The molecule has 14 heteroatoms. The van der Waals surface area contributed by atoms with Gasteiger partial charge in [-0.2, -0.15) is 0 Å². The Balaban J connectivity index is 0. The van der Waals surface area contributed by atoms with Gasteiger partial charge in [-0.05, 0) is 60.4 Å². The third kappa shape index (κ3) is 17.5. The molecular formula is C40H65NO10S2Y-2. The minimum absolute atomic E-state index is 0. The molecule has 0 aliphatic heterocycles. The van der Waals surface area contributed by atoms with Crippen LogP contribution in [-0.4, -0.2) is 97.4 Å². The van der Waals surface area contributed by atoms with Crippen LogP contribution in [0.3, 0.4) is 0 Å². The Morgan fingerprint density at radius 1 is 0.667 bits per heavy atom. The number of thioether (sulfide) groups is 2. The van der Waals surface area contributed by atoms with E-state index in [2.05, 4.69) is 127 Å². The van der Waals surface area contributed by atoms with Gasteiger partial charge < -0.3 is 55.4 Å². The second-order valence-electron chi connectivity index (χ2n) is 17.5. The quantitative estimate of drug-likeness (QED) is 0.0714. The van der Waals surface area contributed by atoms with Gasteiger partial charge in [-0.15, -0.1) is 23.5 Å². The largest absolute Gasteiger partial charge is 0.665 e. The van der Waals surface area contributed by atoms with Gasteiger partial charge in [0, 0.05) is 60.2 Å². The molecule has 11 nitrogen and oxygen atoms in total. The fourth-order valence-electron chi connectivity index (χ4n) is 5.22. The van der Waals surface area contributed by atoms with Gasteiger partial charge in [0.05, 0.1) is 16.8 Å². The zero-order chi connectivity index (χ0) is 41.9. The van der Waals surface area contributed by atoms with Crippen molar-refractivity contribution in [2.75, 3.05) is 20.2 Å². The number of aliphatic hydroxyl groups is 5. The predicted octanol–water partition coefficient (Wildman–Crippen LogP) is 5.90. The second-order valence-corrected chi connectivity index (χ2v) is 21.1. The van der Waals surface area contributed by atoms with Crippen LogP contribution in [0.1, 0.15) is 119 Å². The van der Waals surface area contributed by atoms with Crippen LogP contribution in [0.2, 0.25) is 0 Å². The van der Waals surface area contributed by atoms with Crippen molar-refractivity contribution >= 4 is 36.5 Å². The summed E-state index contributed by atoms with van der Waals surface area (Å²) >= 11 is 3.61. The van der Waals surface area contributed by atoms with E-state index >= 15 is 0 Å². The van der Waals surface area contributed by atoms with Gasteiger partial charge in [0.1, 0.15) is 24.1 Å². The Morgan fingerprint density at radius 2 is 0.981 bits per heavy atom. The summed E-state index contributed by atoms with van der Waals surface area (Å²) in [5.74, 6) is 1.02. The molecule has 0 amide bonds. The first-order valence-electron chi connectivity index (χ1n) is 17.4. The molecule has 2 rings (SSSR count). The zero-order valence-corrected chi connectivity index (χ0v) is 39.3. The Labute approximate surface area is 357 Å². The van der Waals surface area contributed by atoms with Crippen molar-refractivity contribution in [2.24, 2.45) is 0 Å². The number of phenolic OH excluding ortho intramolecular Hbond substituents is 1. The van der Waals surface area contributed by atoms with Crippen LogP contribution in [0.5, 0.6) is 11.5 Å². The summed E-state index contributed by atoms with van der Waals surface area (Å²) in [6.07, 6.45) is -5.65. The fourth-order valence-corrected chi connectivity index (χ4v) is 7.81. The number of likely N-dealkylation sites (N-methyl/N-ethyl adjacent to an activating group) is 1. The number of phenols is 1. The number of nitrogens with one attached hydrogen (secondary N) is 1. The Kier molecular flexibility index (Phi) is 23.0. The van der Waals surface area contributed by atoms with Crippen molar-refractivity contribution in [3.8, 4) is 11.5 Å². The average Bonchev–Trinajstić information content (AvgIpc) is 2.99. The molecule has 0 saturated carbocycles. The van der Waals surface area contributed by atoms with Crippen LogP contribution in [0, 0.1) is 0 Å². The van der Waals surface area contributed by atoms with Crippen LogP contribution in [0.4, 0.5) is 0 Å². The molecule has 0 aliphatic carbocycles. The third-order valence-electron chi connectivity index (χ3n) is 7.99. The van der Waals surface area contributed by atoms with Crippen LogP contribution in [0.15, 0.2) is 34.1 Å². The predicted molar refractivity (Wildman–Crippen MR) is 215 cm³/mol. The van der Waals surface area contributed by atoms with E-state index in [1.807, 2.05) is 11.8 Å². The summed E-state index contributed by atoms with van der Waals surface area (Å²) in [5, 5.41) is 65.4. The maximum Gasteiger partial charge on any atom is 0.170 e. The number of aliphatic hydroxyl groups excluding tert-OH is 6. The van der Waals surface area contributed by atoms with E-state index in [-0.39, 0.29) is 65.0 Å². The summed E-state index contributed by atoms with van der Waals surface area (Å²) in [4.78, 5) is 21.8. The third-order valence-corrected chi connectivity index (χ3v) is 10.4. The molecule has 0 saturated heterocycles. The molecule has 0 fully saturated rings. The van der Waals surface area contributed by atoms with Gasteiger partial charge >= 0.3 is 0 Å². The molecule has 4 unspecified atom stereocenters. The van der Waals surface area contributed by atoms with Gasteiger partial charge in [0.2, 0.25) is 0 Å². The van der Waals surface area contributed by atoms with E-state index in [4.69, 9.17) is 35.1 Å². The van der Waals surface area contributed by atoms with Crippen molar-refractivity contribution < 1.29 is 82.8 Å². The molecule has 1 radical (unpaired) electrons. The first-order valence-corrected chi connectivity index (χ1v) is 19.0. The topological polar surface area (TPSA) is 197 Å². The molecule has 0 spiro atoms. The number of carbonyl (C=O) groups excluding carboxylic acids is 1. The standard InChI is InChI=1S/C32H47O3S2.C7H17NO5.CHO2.Y/c1-28(2,3)22-15-20(16-23(26(22)34)29(4,5)6)36-32(13,14)37-21-17-24(30(7,8)9)27(35-19-33)25(18-21)31(10,11)12;1-8-2-4(10)6(12)7(13)5(11)3-9;2-1-3;/h15-18,34H,1-14H3;4-13H,2-3H2,1H3;(H,2,3);/q-1;;-1;. The summed E-state index contributed by atoms with van der Waals surface area (Å²) in [6.45, 7) is 31.8. The molecule has 8 N–H and O–H groups in total. The normalized spacial score (nSPS) is 14.5. The summed E-state index contributed by atoms with van der Waals surface area (Å²) < 4.78 is 5.26. The van der Waals surface area contributed by atoms with E-state index in [9.17, 15) is 15.0 Å². The average molecular weight is 873 g/mol. The van der Waals surface area contributed by atoms with E-state index in [1.165, 1.54) is 0 Å². The van der Waals surface area contributed by atoms with Crippen LogP contribution in [-0.2, 0) is 64.0 Å². The van der Waals surface area contributed by atoms with E-state index in [0.717, 1.165) is 32.0 Å². The summed E-state index contributed by atoms with van der Waals surface area (Å²) in [5.41, 5.74) is 3.18. The maximum absolute atomic E-state index is 11.3. The molecule has 54 heavy (non-hydrogen) atoms. The molecule has 0 heterocycles. The number of hydrogen-bond acceptors (Lipinski definition) is 12. The summed E-state index contributed by atoms with van der Waals surface area (Å²) in [7, 11) is 1.57. The molecular weight excluding hydrogens is 807 g/mol. The fraction of sp³-hybridized carbons (Fsp3) is 0.650. The monoisotopic (exact) mass is 872 g/mol. The van der Waals surface area contributed by atoms with Crippen molar-refractivity contribution in [3.63, 3.8) is 0 Å². The van der Waals surface area contributed by atoms with Gasteiger partial charge in [0.25, 0.3) is 0 Å². The molecule has 2 aromatic carbocycles. The number of hydrogen-bond donors (Lipinski definition) is 8. The molecule has 0 bridgehead atoms. The SMILES string of the molecule is CC(C)(Sc1cc(C(C)(C)C)c(O)c(C(C)(C)C)c1)Sc1cc(C(C)(C)C)c(O[C-]=O)c(C(C)(C)C)c1.CNCC(O)C(O)C(O)C(O)CO.O=[C-]O.[Y]. The Hall–Kier alpha value is -1.26. The number of aromatic hydroxyl groups is 1. The van der Waals surface area contributed by atoms with E-state index in [1.54, 1.807) is 25.3 Å². The molecule has 307 valence electrons. The second kappa shape index (κ2) is 22.6. The zero-order valence-electron chi connectivity index (χ0n) is 34.8. The van der Waals surface area contributed by atoms with Gasteiger partial charge in [-0.25, -0.2) is 0 Å². The van der Waals surface area contributed by atoms with Crippen LogP contribution in [0.25, 0.3) is 0 Å². The van der Waals surface area contributed by atoms with Crippen LogP contribution < -0.4 is 10.1 Å². The summed E-state index contributed by atoms with van der Waals surface area (Å²) in [6, 6.07) is 8.62. The number of benzene rings is 2. The molecule has 0 aliphatic rings. The number of rotatable bonds is 12. The van der Waals surface area contributed by atoms with Crippen LogP contribution >= 0.6 is 23.5 Å². The first-order chi connectivity index (χ1) is 23.9. The first kappa shape index (κ1) is 54.8. The Bertz CT molecular complexity index is 1390. The Morgan fingerprint density at radius 3 is 1.26 bits per heavy atom. The number of ether oxygens (including phenoxy) is 1. The molecule has 4 atom stereocenters. The van der Waals surface area contributed by atoms with E-state index < -0.39 is 31.0 Å². The van der Waals surface area contributed by atoms with Crippen molar-refractivity contribution in [3.05, 3.63) is 46.5 Å². The maximum atomic E-state index is 11.3. The minimum atomic E-state index is -1.55. The van der Waals surface area contributed by atoms with Gasteiger partial charge in [-0.3, -0.25) is 0 Å². The van der Waals surface area contributed by atoms with Gasteiger partial charge in [-0.1, -0.05) is 113 Å². The molecule has 2 aromatic rings. The molecule has 0 aromatic heterocycles.